The van der Waals surface area contributed by atoms with Crippen molar-refractivity contribution in [3.05, 3.63) is 59.1 Å². The van der Waals surface area contributed by atoms with Crippen molar-refractivity contribution in [1.29, 1.82) is 0 Å². The van der Waals surface area contributed by atoms with Gasteiger partial charge >= 0.3 is 0 Å². The molecule has 1 heterocycles. The summed E-state index contributed by atoms with van der Waals surface area (Å²) in [5, 5.41) is 3.47. The fourth-order valence-corrected chi connectivity index (χ4v) is 3.61. The molecule has 0 unspecified atom stereocenters. The first-order valence-corrected chi connectivity index (χ1v) is 10.6. The van der Waals surface area contributed by atoms with E-state index in [0.29, 0.717) is 24.5 Å². The highest BCUT2D eigenvalue weighted by Gasteiger charge is 2.21. The van der Waals surface area contributed by atoms with E-state index in [1.807, 2.05) is 53.4 Å². The molecule has 0 radical (unpaired) electrons. The van der Waals surface area contributed by atoms with E-state index in [1.54, 1.807) is 7.11 Å². The number of carbonyl (C=O) groups is 2. The monoisotopic (exact) mass is 429 g/mol. The van der Waals surface area contributed by atoms with Crippen molar-refractivity contribution < 1.29 is 14.3 Å². The third kappa shape index (κ3) is 6.39. The Kier molecular flexibility index (Phi) is 7.97. The quantitative estimate of drug-likeness (QED) is 0.700. The third-order valence-corrected chi connectivity index (χ3v) is 5.54. The number of carbonyl (C=O) groups excluding carboxylic acids is 2. The largest absolute Gasteiger partial charge is 0.497 e. The number of hydrogen-bond donors (Lipinski definition) is 1. The van der Waals surface area contributed by atoms with Gasteiger partial charge in [0.25, 0.3) is 0 Å². The molecule has 1 aliphatic heterocycles. The molecule has 160 valence electrons. The van der Waals surface area contributed by atoms with Gasteiger partial charge in [-0.05, 0) is 54.8 Å². The first-order valence-electron chi connectivity index (χ1n) is 10.2. The summed E-state index contributed by atoms with van der Waals surface area (Å²) in [6.07, 6.45) is 1.97. The van der Waals surface area contributed by atoms with Crippen LogP contribution in [-0.4, -0.2) is 56.5 Å². The Morgan fingerprint density at radius 2 is 1.67 bits per heavy atom. The molecule has 1 N–H and O–H groups in total. The second-order valence-electron chi connectivity index (χ2n) is 7.32. The van der Waals surface area contributed by atoms with Gasteiger partial charge in [-0.25, -0.2) is 0 Å². The predicted molar refractivity (Wildman–Crippen MR) is 119 cm³/mol. The molecule has 2 amide bonds. The number of aryl methyl sites for hydroxylation is 1. The summed E-state index contributed by atoms with van der Waals surface area (Å²) in [5.74, 6) is 0.704. The van der Waals surface area contributed by atoms with Crippen LogP contribution in [-0.2, 0) is 16.0 Å². The third-order valence-electron chi connectivity index (χ3n) is 5.29. The van der Waals surface area contributed by atoms with Gasteiger partial charge in [0, 0.05) is 43.3 Å². The lowest BCUT2D eigenvalue weighted by Crippen LogP contribution is -2.51. The van der Waals surface area contributed by atoms with Crippen molar-refractivity contribution in [2.24, 2.45) is 0 Å². The number of nitrogens with one attached hydrogen (secondary N) is 1. The molecule has 3 rings (SSSR count). The summed E-state index contributed by atoms with van der Waals surface area (Å²) in [6.45, 7) is 2.89. The fraction of sp³-hybridized carbons (Fsp3) is 0.391. The number of nitrogens with zero attached hydrogens (tertiary/aromatic N) is 2. The summed E-state index contributed by atoms with van der Waals surface area (Å²) in [7, 11) is 1.64. The van der Waals surface area contributed by atoms with Gasteiger partial charge < -0.3 is 19.9 Å². The smallest absolute Gasteiger partial charge is 0.242 e. The molecule has 30 heavy (non-hydrogen) atoms. The zero-order chi connectivity index (χ0) is 21.3. The number of amides is 2. The predicted octanol–water partition coefficient (Wildman–Crippen LogP) is 3.14. The van der Waals surface area contributed by atoms with Crippen LogP contribution in [0.5, 0.6) is 5.75 Å². The number of methoxy groups -OCH3 is 1. The van der Waals surface area contributed by atoms with Crippen molar-refractivity contribution in [2.75, 3.05) is 44.7 Å². The normalized spacial score (nSPS) is 13.8. The maximum absolute atomic E-state index is 12.4. The molecule has 0 aromatic heterocycles. The van der Waals surface area contributed by atoms with Crippen LogP contribution in [0.15, 0.2) is 48.5 Å². The van der Waals surface area contributed by atoms with Crippen molar-refractivity contribution >= 4 is 29.1 Å². The Balaban J connectivity index is 1.33. The summed E-state index contributed by atoms with van der Waals surface area (Å²) in [5.41, 5.74) is 2.27. The number of anilines is 1. The Morgan fingerprint density at radius 3 is 2.30 bits per heavy atom. The zero-order valence-electron chi connectivity index (χ0n) is 17.3. The van der Waals surface area contributed by atoms with Crippen LogP contribution in [0.3, 0.4) is 0 Å². The number of piperazine rings is 1. The highest BCUT2D eigenvalue weighted by atomic mass is 35.5. The molecular weight excluding hydrogens is 402 g/mol. The first-order chi connectivity index (χ1) is 14.5. The standard InChI is InChI=1S/C23H28ClN3O3/c1-30-21-11-5-18(6-12-21)3-2-4-22(28)25-17-23(29)27-15-13-26(14-16-27)20-9-7-19(24)8-10-20/h5-12H,2-4,13-17H2,1H3,(H,25,28). The van der Waals surface area contributed by atoms with E-state index in [1.165, 1.54) is 5.56 Å². The molecule has 2 aromatic rings. The molecule has 0 saturated carbocycles. The van der Waals surface area contributed by atoms with Crippen molar-refractivity contribution in [3.8, 4) is 5.75 Å². The van der Waals surface area contributed by atoms with E-state index in [4.69, 9.17) is 16.3 Å². The van der Waals surface area contributed by atoms with Crippen LogP contribution in [0.4, 0.5) is 5.69 Å². The maximum Gasteiger partial charge on any atom is 0.242 e. The average Bonchev–Trinajstić information content (AvgIpc) is 2.78. The van der Waals surface area contributed by atoms with E-state index in [-0.39, 0.29) is 18.4 Å². The van der Waals surface area contributed by atoms with Crippen LogP contribution in [0.2, 0.25) is 5.02 Å². The zero-order valence-corrected chi connectivity index (χ0v) is 18.0. The first kappa shape index (κ1) is 22.0. The number of halogens is 1. The minimum atomic E-state index is -0.0864. The topological polar surface area (TPSA) is 61.9 Å². The minimum Gasteiger partial charge on any atom is -0.497 e. The van der Waals surface area contributed by atoms with Gasteiger partial charge in [-0.2, -0.15) is 0 Å². The molecule has 1 aliphatic rings. The van der Waals surface area contributed by atoms with Gasteiger partial charge in [0.05, 0.1) is 13.7 Å². The summed E-state index contributed by atoms with van der Waals surface area (Å²) >= 11 is 5.94. The highest BCUT2D eigenvalue weighted by Crippen LogP contribution is 2.19. The molecule has 0 atom stereocenters. The molecule has 1 fully saturated rings. The van der Waals surface area contributed by atoms with Crippen molar-refractivity contribution in [2.45, 2.75) is 19.3 Å². The number of ether oxygens (including phenoxy) is 1. The minimum absolute atomic E-state index is 0.0331. The van der Waals surface area contributed by atoms with Crippen LogP contribution >= 0.6 is 11.6 Å². The lowest BCUT2D eigenvalue weighted by Gasteiger charge is -2.36. The van der Waals surface area contributed by atoms with E-state index in [9.17, 15) is 9.59 Å². The van der Waals surface area contributed by atoms with Gasteiger partial charge in [-0.3, -0.25) is 9.59 Å². The Morgan fingerprint density at radius 1 is 1.00 bits per heavy atom. The van der Waals surface area contributed by atoms with Gasteiger partial charge in [0.2, 0.25) is 11.8 Å². The Labute approximate surface area is 182 Å². The van der Waals surface area contributed by atoms with Crippen LogP contribution in [0, 0.1) is 0 Å². The molecule has 2 aromatic carbocycles. The number of rotatable bonds is 8. The van der Waals surface area contributed by atoms with E-state index < -0.39 is 0 Å². The lowest BCUT2D eigenvalue weighted by atomic mass is 10.1. The van der Waals surface area contributed by atoms with Crippen molar-refractivity contribution in [3.63, 3.8) is 0 Å². The molecular formula is C23H28ClN3O3. The molecule has 6 nitrogen and oxygen atoms in total. The second-order valence-corrected chi connectivity index (χ2v) is 7.76. The molecule has 0 bridgehead atoms. The van der Waals surface area contributed by atoms with Crippen LogP contribution in [0.25, 0.3) is 0 Å². The van der Waals surface area contributed by atoms with Gasteiger partial charge in [0.1, 0.15) is 5.75 Å². The van der Waals surface area contributed by atoms with Crippen molar-refractivity contribution in [1.82, 2.24) is 10.2 Å². The summed E-state index contributed by atoms with van der Waals surface area (Å²) in [6, 6.07) is 15.6. The molecule has 7 heteroatoms. The highest BCUT2D eigenvalue weighted by molar-refractivity contribution is 6.30. The number of benzene rings is 2. The Hall–Kier alpha value is -2.73. The Bertz CT molecular complexity index is 832. The summed E-state index contributed by atoms with van der Waals surface area (Å²) < 4.78 is 5.14. The van der Waals surface area contributed by atoms with Crippen LogP contribution in [0.1, 0.15) is 18.4 Å². The summed E-state index contributed by atoms with van der Waals surface area (Å²) in [4.78, 5) is 28.5. The fourth-order valence-electron chi connectivity index (χ4n) is 3.49. The van der Waals surface area contributed by atoms with Crippen LogP contribution < -0.4 is 15.0 Å². The van der Waals surface area contributed by atoms with Gasteiger partial charge in [-0.15, -0.1) is 0 Å². The van der Waals surface area contributed by atoms with Gasteiger partial charge in [-0.1, -0.05) is 23.7 Å². The van der Waals surface area contributed by atoms with Gasteiger partial charge in [0.15, 0.2) is 0 Å². The average molecular weight is 430 g/mol. The second kappa shape index (κ2) is 10.9. The lowest BCUT2D eigenvalue weighted by molar-refractivity contribution is -0.133. The van der Waals surface area contributed by atoms with E-state index in [0.717, 1.165) is 37.4 Å². The molecule has 0 spiro atoms. The van der Waals surface area contributed by atoms with E-state index in [2.05, 4.69) is 10.2 Å². The molecule has 1 saturated heterocycles. The van der Waals surface area contributed by atoms with E-state index >= 15 is 0 Å². The number of hydrogen-bond acceptors (Lipinski definition) is 4. The molecule has 0 aliphatic carbocycles. The maximum atomic E-state index is 12.4. The SMILES string of the molecule is COc1ccc(CCCC(=O)NCC(=O)N2CCN(c3ccc(Cl)cc3)CC2)cc1.